The van der Waals surface area contributed by atoms with Gasteiger partial charge in [0.05, 0.1) is 23.7 Å². The lowest BCUT2D eigenvalue weighted by Crippen LogP contribution is -2.24. The summed E-state index contributed by atoms with van der Waals surface area (Å²) >= 11 is 1.58. The van der Waals surface area contributed by atoms with Gasteiger partial charge in [-0.2, -0.15) is 0 Å². The van der Waals surface area contributed by atoms with Crippen LogP contribution >= 0.6 is 11.3 Å². The van der Waals surface area contributed by atoms with Gasteiger partial charge in [-0.25, -0.2) is 9.37 Å². The number of carbonyl (C=O) groups excluding carboxylic acids is 1. The van der Waals surface area contributed by atoms with Crippen molar-refractivity contribution in [2.24, 2.45) is 0 Å². The molecule has 0 aliphatic rings. The molecule has 0 unspecified atom stereocenters. The van der Waals surface area contributed by atoms with E-state index >= 15 is 0 Å². The van der Waals surface area contributed by atoms with Crippen LogP contribution in [-0.4, -0.2) is 16.0 Å². The summed E-state index contributed by atoms with van der Waals surface area (Å²) in [6, 6.07) is 7.80. The molecule has 0 aliphatic carbocycles. The average molecular weight is 345 g/mol. The lowest BCUT2D eigenvalue weighted by molar-refractivity contribution is -0.120. The minimum absolute atomic E-state index is 0.132. The third-order valence-electron chi connectivity index (χ3n) is 3.47. The summed E-state index contributed by atoms with van der Waals surface area (Å²) in [5.74, 6) is 0.0418. The number of nitrogens with one attached hydrogen (secondary N) is 1. The van der Waals surface area contributed by atoms with Crippen molar-refractivity contribution < 1.29 is 13.7 Å². The number of thiazole rings is 1. The molecular weight excluding hydrogens is 329 g/mol. The molecule has 0 radical (unpaired) electrons. The van der Waals surface area contributed by atoms with Crippen LogP contribution in [0.1, 0.15) is 21.3 Å². The Morgan fingerprint density at radius 1 is 1.33 bits per heavy atom. The highest BCUT2D eigenvalue weighted by atomic mass is 32.1. The van der Waals surface area contributed by atoms with Gasteiger partial charge in [0.15, 0.2) is 5.76 Å². The number of amides is 1. The Hall–Kier alpha value is -2.54. The number of rotatable bonds is 5. The predicted octanol–water partition coefficient (Wildman–Crippen LogP) is 3.41. The maximum Gasteiger partial charge on any atom is 0.226 e. The van der Waals surface area contributed by atoms with Crippen LogP contribution in [0.3, 0.4) is 0 Å². The first-order chi connectivity index (χ1) is 11.5. The Labute approximate surface area is 142 Å². The quantitative estimate of drug-likeness (QED) is 0.769. The lowest BCUT2D eigenvalue weighted by Gasteiger charge is -2.01. The van der Waals surface area contributed by atoms with E-state index in [1.807, 2.05) is 13.8 Å². The van der Waals surface area contributed by atoms with Gasteiger partial charge in [0.25, 0.3) is 0 Å². The second-order valence-electron chi connectivity index (χ2n) is 5.38. The summed E-state index contributed by atoms with van der Waals surface area (Å²) in [4.78, 5) is 17.4. The van der Waals surface area contributed by atoms with Gasteiger partial charge in [-0.1, -0.05) is 17.3 Å². The Balaban J connectivity index is 1.59. The zero-order valence-corrected chi connectivity index (χ0v) is 14.1. The van der Waals surface area contributed by atoms with Crippen molar-refractivity contribution in [3.63, 3.8) is 0 Å². The van der Waals surface area contributed by atoms with E-state index in [9.17, 15) is 9.18 Å². The molecule has 1 N–H and O–H groups in total. The molecule has 124 valence electrons. The van der Waals surface area contributed by atoms with Gasteiger partial charge >= 0.3 is 0 Å². The molecule has 0 aliphatic heterocycles. The second-order valence-corrected chi connectivity index (χ2v) is 6.79. The maximum atomic E-state index is 13.2. The molecule has 3 rings (SSSR count). The van der Waals surface area contributed by atoms with Gasteiger partial charge in [0.1, 0.15) is 11.5 Å². The molecule has 5 nitrogen and oxygen atoms in total. The maximum absolute atomic E-state index is 13.2. The smallest absolute Gasteiger partial charge is 0.226 e. The first kappa shape index (κ1) is 16.3. The summed E-state index contributed by atoms with van der Waals surface area (Å²) in [5.41, 5.74) is 1.96. The molecule has 0 spiro atoms. The molecule has 0 saturated heterocycles. The molecule has 0 atom stereocenters. The van der Waals surface area contributed by atoms with E-state index in [-0.39, 0.29) is 24.7 Å². The van der Waals surface area contributed by atoms with E-state index < -0.39 is 0 Å². The normalized spacial score (nSPS) is 10.8. The Kier molecular flexibility index (Phi) is 4.71. The molecule has 0 bridgehead atoms. The molecule has 7 heteroatoms. The standard InChI is InChI=1S/C17H16FN3O2S/c1-10-15(20-11(2)24-10)8-17(22)19-9-14-7-16(21-23-14)12-4-3-5-13(18)6-12/h3-7H,8-9H2,1-2H3,(H,19,22). The summed E-state index contributed by atoms with van der Waals surface area (Å²) in [6.07, 6.45) is 0.237. The van der Waals surface area contributed by atoms with Gasteiger partial charge in [-0.05, 0) is 26.0 Å². The summed E-state index contributed by atoms with van der Waals surface area (Å²) in [5, 5.41) is 7.63. The number of halogens is 1. The van der Waals surface area contributed by atoms with Crippen LogP contribution in [0, 0.1) is 19.7 Å². The largest absolute Gasteiger partial charge is 0.359 e. The van der Waals surface area contributed by atoms with Crippen molar-refractivity contribution in [2.45, 2.75) is 26.8 Å². The number of hydrogen-bond donors (Lipinski definition) is 1. The van der Waals surface area contributed by atoms with Crippen LogP contribution in [0.25, 0.3) is 11.3 Å². The molecule has 2 aromatic heterocycles. The monoisotopic (exact) mass is 345 g/mol. The zero-order valence-electron chi connectivity index (χ0n) is 13.3. The topological polar surface area (TPSA) is 68.0 Å². The fourth-order valence-electron chi connectivity index (χ4n) is 2.32. The van der Waals surface area contributed by atoms with E-state index in [2.05, 4.69) is 15.5 Å². The number of aryl methyl sites for hydroxylation is 2. The highest BCUT2D eigenvalue weighted by Gasteiger charge is 2.12. The number of benzene rings is 1. The lowest BCUT2D eigenvalue weighted by atomic mass is 10.1. The predicted molar refractivity (Wildman–Crippen MR) is 89.0 cm³/mol. The van der Waals surface area contributed by atoms with Crippen molar-refractivity contribution in [3.05, 3.63) is 57.5 Å². The third kappa shape index (κ3) is 3.86. The Bertz CT molecular complexity index is 872. The third-order valence-corrected chi connectivity index (χ3v) is 4.40. The van der Waals surface area contributed by atoms with Crippen molar-refractivity contribution >= 4 is 17.2 Å². The van der Waals surface area contributed by atoms with Crippen LogP contribution in [-0.2, 0) is 17.8 Å². The molecule has 1 amide bonds. The molecular formula is C17H16FN3O2S. The SMILES string of the molecule is Cc1nc(CC(=O)NCc2cc(-c3cccc(F)c3)no2)c(C)s1. The van der Waals surface area contributed by atoms with Crippen molar-refractivity contribution in [3.8, 4) is 11.3 Å². The van der Waals surface area contributed by atoms with Crippen LogP contribution in [0.5, 0.6) is 0 Å². The minimum Gasteiger partial charge on any atom is -0.359 e. The second kappa shape index (κ2) is 6.92. The van der Waals surface area contributed by atoms with E-state index in [1.165, 1.54) is 12.1 Å². The van der Waals surface area contributed by atoms with Crippen molar-refractivity contribution in [1.82, 2.24) is 15.5 Å². The van der Waals surface area contributed by atoms with E-state index in [0.717, 1.165) is 15.6 Å². The minimum atomic E-state index is -0.334. The molecule has 0 saturated carbocycles. The fraction of sp³-hybridized carbons (Fsp3) is 0.235. The van der Waals surface area contributed by atoms with Crippen LogP contribution < -0.4 is 5.32 Å². The van der Waals surface area contributed by atoms with Gasteiger partial charge in [-0.3, -0.25) is 4.79 Å². The van der Waals surface area contributed by atoms with Gasteiger partial charge in [0, 0.05) is 16.5 Å². The molecule has 24 heavy (non-hydrogen) atoms. The van der Waals surface area contributed by atoms with Crippen LogP contribution in [0.2, 0.25) is 0 Å². The summed E-state index contributed by atoms with van der Waals surface area (Å²) < 4.78 is 18.4. The molecule has 0 fully saturated rings. The average Bonchev–Trinajstić information content (AvgIpc) is 3.12. The number of hydrogen-bond acceptors (Lipinski definition) is 5. The van der Waals surface area contributed by atoms with Gasteiger partial charge in [-0.15, -0.1) is 11.3 Å². The van der Waals surface area contributed by atoms with E-state index in [1.54, 1.807) is 29.5 Å². The molecule has 2 heterocycles. The van der Waals surface area contributed by atoms with E-state index in [4.69, 9.17) is 4.52 Å². The van der Waals surface area contributed by atoms with E-state index in [0.29, 0.717) is 17.0 Å². The van der Waals surface area contributed by atoms with Crippen LogP contribution in [0.15, 0.2) is 34.9 Å². The van der Waals surface area contributed by atoms with Gasteiger partial charge < -0.3 is 9.84 Å². The van der Waals surface area contributed by atoms with Gasteiger partial charge in [0.2, 0.25) is 5.91 Å². The molecule has 1 aromatic carbocycles. The zero-order chi connectivity index (χ0) is 17.1. The Morgan fingerprint density at radius 2 is 2.17 bits per heavy atom. The Morgan fingerprint density at radius 3 is 2.88 bits per heavy atom. The number of nitrogens with zero attached hydrogens (tertiary/aromatic N) is 2. The number of carbonyl (C=O) groups is 1. The summed E-state index contributed by atoms with van der Waals surface area (Å²) in [7, 11) is 0. The van der Waals surface area contributed by atoms with Crippen LogP contribution in [0.4, 0.5) is 4.39 Å². The fourth-order valence-corrected chi connectivity index (χ4v) is 3.15. The first-order valence-electron chi connectivity index (χ1n) is 7.42. The molecule has 3 aromatic rings. The highest BCUT2D eigenvalue weighted by molar-refractivity contribution is 7.11. The first-order valence-corrected chi connectivity index (χ1v) is 8.24. The highest BCUT2D eigenvalue weighted by Crippen LogP contribution is 2.20. The van der Waals surface area contributed by atoms with Crippen molar-refractivity contribution in [2.75, 3.05) is 0 Å². The summed E-state index contributed by atoms with van der Waals surface area (Å²) in [6.45, 7) is 4.10. The number of aromatic nitrogens is 2. The van der Waals surface area contributed by atoms with Crippen molar-refractivity contribution in [1.29, 1.82) is 0 Å².